The van der Waals surface area contributed by atoms with E-state index in [1.165, 1.54) is 15.8 Å². The molecule has 0 unspecified atom stereocenters. The summed E-state index contributed by atoms with van der Waals surface area (Å²) in [5, 5.41) is 1.07. The van der Waals surface area contributed by atoms with Crippen molar-refractivity contribution < 1.29 is 4.57 Å². The van der Waals surface area contributed by atoms with Crippen molar-refractivity contribution in [3.8, 4) is 10.6 Å². The molecule has 0 fully saturated rings. The standard InChI is InChI=1S/C15H14BrN2S/c1-9-4-10(2)14-13(5-9)19-15(17-14)11-6-12(16)8-18(3)7-11/h4-8H,1-3H3/q+1. The second-order valence-electron chi connectivity index (χ2n) is 4.86. The van der Waals surface area contributed by atoms with Crippen LogP contribution >= 0.6 is 27.3 Å². The molecule has 0 N–H and O–H groups in total. The largest absolute Gasteiger partial charge is 0.236 e. The first kappa shape index (κ1) is 12.8. The monoisotopic (exact) mass is 333 g/mol. The number of hydrogen-bond acceptors (Lipinski definition) is 2. The third-order valence-corrected chi connectivity index (χ3v) is 4.52. The smallest absolute Gasteiger partial charge is 0.182 e. The summed E-state index contributed by atoms with van der Waals surface area (Å²) in [6.07, 6.45) is 4.14. The molecule has 96 valence electrons. The molecule has 0 aliphatic carbocycles. The van der Waals surface area contributed by atoms with E-state index in [-0.39, 0.29) is 0 Å². The molecule has 0 spiro atoms. The summed E-state index contributed by atoms with van der Waals surface area (Å²) in [5.41, 5.74) is 4.81. The Kier molecular flexibility index (Phi) is 3.15. The highest BCUT2D eigenvalue weighted by Gasteiger charge is 2.12. The normalized spacial score (nSPS) is 11.2. The first-order valence-electron chi connectivity index (χ1n) is 6.07. The number of aryl methyl sites for hydroxylation is 3. The van der Waals surface area contributed by atoms with Crippen LogP contribution in [0, 0.1) is 13.8 Å². The van der Waals surface area contributed by atoms with Crippen LogP contribution in [-0.4, -0.2) is 4.98 Å². The SMILES string of the molecule is Cc1cc(C)c2nc(-c3cc(Br)c[n+](C)c3)sc2c1. The zero-order chi connectivity index (χ0) is 13.6. The van der Waals surface area contributed by atoms with E-state index in [1.807, 2.05) is 17.8 Å². The molecule has 2 nitrogen and oxygen atoms in total. The van der Waals surface area contributed by atoms with E-state index in [4.69, 9.17) is 4.98 Å². The minimum atomic E-state index is 1.07. The van der Waals surface area contributed by atoms with Crippen LogP contribution in [0.3, 0.4) is 0 Å². The highest BCUT2D eigenvalue weighted by molar-refractivity contribution is 9.10. The molecule has 3 rings (SSSR count). The maximum absolute atomic E-state index is 4.79. The predicted molar refractivity (Wildman–Crippen MR) is 83.4 cm³/mol. The lowest BCUT2D eigenvalue weighted by Crippen LogP contribution is -2.26. The van der Waals surface area contributed by atoms with E-state index < -0.39 is 0 Å². The quantitative estimate of drug-likeness (QED) is 0.611. The maximum atomic E-state index is 4.79. The van der Waals surface area contributed by atoms with Gasteiger partial charge in [0.05, 0.1) is 20.3 Å². The zero-order valence-electron chi connectivity index (χ0n) is 11.1. The number of rotatable bonds is 1. The highest BCUT2D eigenvalue weighted by atomic mass is 79.9. The number of halogens is 1. The van der Waals surface area contributed by atoms with Crippen LogP contribution in [0.4, 0.5) is 0 Å². The number of thiazole rings is 1. The molecule has 4 heteroatoms. The number of pyridine rings is 1. The van der Waals surface area contributed by atoms with E-state index in [0.717, 1.165) is 20.6 Å². The van der Waals surface area contributed by atoms with Gasteiger partial charge < -0.3 is 0 Å². The van der Waals surface area contributed by atoms with Gasteiger partial charge in [-0.05, 0) is 53.0 Å². The van der Waals surface area contributed by atoms with Gasteiger partial charge in [0.25, 0.3) is 0 Å². The van der Waals surface area contributed by atoms with E-state index in [2.05, 4.69) is 54.2 Å². The second-order valence-corrected chi connectivity index (χ2v) is 6.80. The number of aromatic nitrogens is 2. The lowest BCUT2D eigenvalue weighted by atomic mass is 10.1. The molecule has 0 bridgehead atoms. The minimum absolute atomic E-state index is 1.07. The zero-order valence-corrected chi connectivity index (χ0v) is 13.5. The van der Waals surface area contributed by atoms with Gasteiger partial charge in [-0.2, -0.15) is 0 Å². The molecule has 2 heterocycles. The van der Waals surface area contributed by atoms with Gasteiger partial charge in [0.15, 0.2) is 12.4 Å². The number of fused-ring (bicyclic) bond motifs is 1. The van der Waals surface area contributed by atoms with Crippen LogP contribution in [-0.2, 0) is 7.05 Å². The average molecular weight is 334 g/mol. The van der Waals surface area contributed by atoms with Crippen LogP contribution in [0.1, 0.15) is 11.1 Å². The van der Waals surface area contributed by atoms with E-state index in [0.29, 0.717) is 0 Å². The summed E-state index contributed by atoms with van der Waals surface area (Å²) in [4.78, 5) is 4.79. The van der Waals surface area contributed by atoms with Crippen LogP contribution in [0.15, 0.2) is 35.1 Å². The molecule has 0 saturated heterocycles. The van der Waals surface area contributed by atoms with Crippen molar-refractivity contribution in [3.05, 3.63) is 46.2 Å². The fourth-order valence-electron chi connectivity index (χ4n) is 2.29. The summed E-state index contributed by atoms with van der Waals surface area (Å²) in [5.74, 6) is 0. The lowest BCUT2D eigenvalue weighted by Gasteiger charge is -1.96. The van der Waals surface area contributed by atoms with Gasteiger partial charge in [0.1, 0.15) is 12.1 Å². The molecule has 0 aliphatic heterocycles. The summed E-state index contributed by atoms with van der Waals surface area (Å²) in [6, 6.07) is 6.51. The van der Waals surface area contributed by atoms with Crippen molar-refractivity contribution in [2.24, 2.45) is 7.05 Å². The fraction of sp³-hybridized carbons (Fsp3) is 0.200. The molecule has 0 aliphatic rings. The van der Waals surface area contributed by atoms with Crippen molar-refractivity contribution >= 4 is 37.5 Å². The van der Waals surface area contributed by atoms with Gasteiger partial charge in [0, 0.05) is 0 Å². The molecule has 3 aromatic rings. The Hall–Kier alpha value is -1.26. The van der Waals surface area contributed by atoms with Crippen molar-refractivity contribution in [1.29, 1.82) is 0 Å². The Labute approximate surface area is 124 Å². The van der Waals surface area contributed by atoms with Crippen molar-refractivity contribution in [2.75, 3.05) is 0 Å². The Morgan fingerprint density at radius 1 is 1.16 bits per heavy atom. The summed E-state index contributed by atoms with van der Waals surface area (Å²) in [6.45, 7) is 4.25. The molecule has 2 aromatic heterocycles. The van der Waals surface area contributed by atoms with Crippen molar-refractivity contribution in [1.82, 2.24) is 4.98 Å². The average Bonchev–Trinajstić information content (AvgIpc) is 2.71. The highest BCUT2D eigenvalue weighted by Crippen LogP contribution is 2.32. The van der Waals surface area contributed by atoms with Crippen LogP contribution < -0.4 is 4.57 Å². The summed E-state index contributed by atoms with van der Waals surface area (Å²) >= 11 is 5.29. The Morgan fingerprint density at radius 3 is 2.68 bits per heavy atom. The predicted octanol–water partition coefficient (Wildman–Crippen LogP) is 4.17. The molecule has 19 heavy (non-hydrogen) atoms. The molecule has 0 atom stereocenters. The molecule has 1 aromatic carbocycles. The molecular formula is C15H14BrN2S+. The third-order valence-electron chi connectivity index (χ3n) is 3.04. The topological polar surface area (TPSA) is 16.8 Å². The Morgan fingerprint density at radius 2 is 1.95 bits per heavy atom. The third kappa shape index (κ3) is 2.42. The number of hydrogen-bond donors (Lipinski definition) is 0. The summed E-state index contributed by atoms with van der Waals surface area (Å²) in [7, 11) is 2.02. The lowest BCUT2D eigenvalue weighted by molar-refractivity contribution is -0.671. The van der Waals surface area contributed by atoms with Crippen molar-refractivity contribution in [3.63, 3.8) is 0 Å². The minimum Gasteiger partial charge on any atom is -0.236 e. The Balaban J connectivity index is 2.23. The first-order chi connectivity index (χ1) is 9.02. The van der Waals surface area contributed by atoms with Crippen LogP contribution in [0.25, 0.3) is 20.8 Å². The van der Waals surface area contributed by atoms with Crippen LogP contribution in [0.5, 0.6) is 0 Å². The van der Waals surface area contributed by atoms with Gasteiger partial charge in [-0.15, -0.1) is 11.3 Å². The van der Waals surface area contributed by atoms with Gasteiger partial charge in [-0.1, -0.05) is 6.07 Å². The van der Waals surface area contributed by atoms with Gasteiger partial charge in [-0.25, -0.2) is 9.55 Å². The van der Waals surface area contributed by atoms with Gasteiger partial charge in [0.2, 0.25) is 0 Å². The maximum Gasteiger partial charge on any atom is 0.182 e. The first-order valence-corrected chi connectivity index (χ1v) is 7.68. The van der Waals surface area contributed by atoms with E-state index in [1.54, 1.807) is 11.3 Å². The van der Waals surface area contributed by atoms with Crippen LogP contribution in [0.2, 0.25) is 0 Å². The second kappa shape index (κ2) is 4.69. The summed E-state index contributed by atoms with van der Waals surface area (Å²) < 4.78 is 4.37. The fourth-order valence-corrected chi connectivity index (χ4v) is 3.98. The number of nitrogens with zero attached hydrogens (tertiary/aromatic N) is 2. The Bertz CT molecular complexity index is 757. The van der Waals surface area contributed by atoms with Crippen molar-refractivity contribution in [2.45, 2.75) is 13.8 Å². The molecular weight excluding hydrogens is 320 g/mol. The molecule has 0 saturated carbocycles. The van der Waals surface area contributed by atoms with E-state index >= 15 is 0 Å². The van der Waals surface area contributed by atoms with Gasteiger partial charge >= 0.3 is 0 Å². The molecule has 0 radical (unpaired) electrons. The van der Waals surface area contributed by atoms with Gasteiger partial charge in [-0.3, -0.25) is 0 Å². The van der Waals surface area contributed by atoms with E-state index in [9.17, 15) is 0 Å². The number of benzene rings is 1. The molecule has 0 amide bonds.